The van der Waals surface area contributed by atoms with Crippen LogP contribution in [0.25, 0.3) is 0 Å². The van der Waals surface area contributed by atoms with Gasteiger partial charge in [-0.1, -0.05) is 18.2 Å². The molecule has 0 spiro atoms. The molecule has 0 radical (unpaired) electrons. The fourth-order valence-electron chi connectivity index (χ4n) is 0.249. The van der Waals surface area contributed by atoms with Crippen molar-refractivity contribution in [2.24, 2.45) is 0 Å². The van der Waals surface area contributed by atoms with Crippen LogP contribution in [-0.4, -0.2) is 92.0 Å². The molecule has 0 saturated heterocycles. The molecule has 0 aliphatic carbocycles. The zero-order chi connectivity index (χ0) is 6.41. The van der Waals surface area contributed by atoms with Crippen LogP contribution in [0.3, 0.4) is 0 Å². The van der Waals surface area contributed by atoms with Crippen molar-refractivity contribution in [1.29, 1.82) is 0 Å². The van der Waals surface area contributed by atoms with Crippen molar-refractivity contribution in [2.75, 3.05) is 0 Å². The van der Waals surface area contributed by atoms with E-state index in [1.807, 2.05) is 6.92 Å². The van der Waals surface area contributed by atoms with Gasteiger partial charge in [0, 0.05) is 6.08 Å². The number of hydrogen-bond acceptors (Lipinski definition) is 1. The zero-order valence-corrected chi connectivity index (χ0v) is 4.66. The van der Waals surface area contributed by atoms with E-state index >= 15 is 0 Å². The molecule has 0 rings (SSSR count). The van der Waals surface area contributed by atoms with Crippen molar-refractivity contribution in [2.45, 2.75) is 6.92 Å². The Bertz CT molecular complexity index is 137. The standard InChI is InChI=1S/C6H8O2.K.Na.2H/c1-2-3-4-5-6(7)8;;;;/h2-5H,1H3,(H,7,8);;;;/p+1/b3-2+,5-4+;;;;. The summed E-state index contributed by atoms with van der Waals surface area (Å²) in [5, 5.41) is 8.02. The molecule has 0 aliphatic heterocycles. The fraction of sp³-hybridized carbons (Fsp3) is 0.167. The van der Waals surface area contributed by atoms with Gasteiger partial charge in [-0.25, -0.2) is 4.79 Å². The molecule has 1 N–H and O–H groups in total. The maximum absolute atomic E-state index is 9.75. The van der Waals surface area contributed by atoms with E-state index in [2.05, 4.69) is 0 Å². The van der Waals surface area contributed by atoms with Crippen LogP contribution < -0.4 is 0 Å². The van der Waals surface area contributed by atoms with E-state index < -0.39 is 5.97 Å². The molecule has 0 aromatic carbocycles. The molecule has 48 valence electrons. The third-order valence-electron chi connectivity index (χ3n) is 0.542. The van der Waals surface area contributed by atoms with Gasteiger partial charge < -0.3 is 5.11 Å². The molecular formula is C6H11KNaO2+. The van der Waals surface area contributed by atoms with Gasteiger partial charge in [0.2, 0.25) is 0 Å². The number of aliphatic carboxylic acids is 1. The molecule has 10 heavy (non-hydrogen) atoms. The zero-order valence-electron chi connectivity index (χ0n) is 5.66. The molecule has 0 aromatic rings. The molecule has 0 fully saturated rings. The average molecular weight is 177 g/mol. The SMILES string of the molecule is C/C=C/C=C/C(=O)O.[H+].[KH].[NaH]. The summed E-state index contributed by atoms with van der Waals surface area (Å²) in [6.45, 7) is 1.83. The van der Waals surface area contributed by atoms with Crippen molar-refractivity contribution < 1.29 is 11.3 Å². The van der Waals surface area contributed by atoms with Crippen LogP contribution >= 0.6 is 0 Å². The molecule has 0 aromatic heterocycles. The topological polar surface area (TPSA) is 37.3 Å². The normalized spacial score (nSPS) is 8.90. The van der Waals surface area contributed by atoms with Crippen LogP contribution in [0, 0.1) is 0 Å². The number of allylic oxidation sites excluding steroid dienone is 3. The van der Waals surface area contributed by atoms with E-state index in [4.69, 9.17) is 5.11 Å². The quantitative estimate of drug-likeness (QED) is 0.367. The van der Waals surface area contributed by atoms with Crippen LogP contribution in [0.1, 0.15) is 8.35 Å². The van der Waals surface area contributed by atoms with E-state index in [1.165, 1.54) is 6.08 Å². The van der Waals surface area contributed by atoms with Crippen molar-refractivity contribution >= 4 is 86.9 Å². The first kappa shape index (κ1) is 17.6. The minimum atomic E-state index is -0.914. The summed E-state index contributed by atoms with van der Waals surface area (Å²) in [5.41, 5.74) is 0. The number of carboxylic acids is 1. The van der Waals surface area contributed by atoms with Gasteiger partial charge in [0.1, 0.15) is 0 Å². The molecule has 0 heterocycles. The second-order valence-electron chi connectivity index (χ2n) is 1.22. The predicted octanol–water partition coefficient (Wildman–Crippen LogP) is 0.0188. The Morgan fingerprint density at radius 3 is 2.30 bits per heavy atom. The second kappa shape index (κ2) is 13.2. The van der Waals surface area contributed by atoms with Gasteiger partial charge in [-0.2, -0.15) is 0 Å². The van der Waals surface area contributed by atoms with E-state index in [9.17, 15) is 4.79 Å². The molecule has 0 aliphatic rings. The summed E-state index contributed by atoms with van der Waals surface area (Å²) in [4.78, 5) is 9.75. The Morgan fingerprint density at radius 1 is 1.50 bits per heavy atom. The van der Waals surface area contributed by atoms with Gasteiger partial charge >= 0.3 is 88.3 Å². The molecule has 2 nitrogen and oxygen atoms in total. The van der Waals surface area contributed by atoms with E-state index in [-0.39, 0.29) is 82.4 Å². The third kappa shape index (κ3) is 16.3. The van der Waals surface area contributed by atoms with Crippen LogP contribution in [0.2, 0.25) is 0 Å². The van der Waals surface area contributed by atoms with Gasteiger partial charge in [-0.05, 0) is 6.92 Å². The monoisotopic (exact) mass is 177 g/mol. The Kier molecular flexibility index (Phi) is 23.2. The maximum atomic E-state index is 9.75. The Balaban J connectivity index is -0.0000000817. The summed E-state index contributed by atoms with van der Waals surface area (Å²) < 4.78 is 0. The Morgan fingerprint density at radius 2 is 2.00 bits per heavy atom. The number of carboxylic acid groups (broad SMARTS) is 1. The molecule has 0 amide bonds. The van der Waals surface area contributed by atoms with Crippen LogP contribution in [0.4, 0.5) is 0 Å². The summed E-state index contributed by atoms with van der Waals surface area (Å²) in [7, 11) is 0. The first-order valence-electron chi connectivity index (χ1n) is 2.29. The van der Waals surface area contributed by atoms with Gasteiger partial charge in [-0.15, -0.1) is 0 Å². The minimum absolute atomic E-state index is 0. The molecule has 0 unspecified atom stereocenters. The molecule has 0 atom stereocenters. The molecule has 0 saturated carbocycles. The van der Waals surface area contributed by atoms with Crippen LogP contribution in [0.5, 0.6) is 0 Å². The predicted molar refractivity (Wildman–Crippen MR) is 47.0 cm³/mol. The van der Waals surface area contributed by atoms with Crippen molar-refractivity contribution in [3.05, 3.63) is 24.3 Å². The van der Waals surface area contributed by atoms with Crippen LogP contribution in [0.15, 0.2) is 24.3 Å². The average Bonchev–Trinajstić information content (AvgIpc) is 1.66. The van der Waals surface area contributed by atoms with Gasteiger partial charge in [0.05, 0.1) is 0 Å². The van der Waals surface area contributed by atoms with E-state index in [0.717, 1.165) is 6.08 Å². The third-order valence-corrected chi connectivity index (χ3v) is 0.542. The van der Waals surface area contributed by atoms with Gasteiger partial charge in [-0.3, -0.25) is 0 Å². The van der Waals surface area contributed by atoms with Crippen molar-refractivity contribution in [3.8, 4) is 0 Å². The van der Waals surface area contributed by atoms with Gasteiger partial charge in [0.15, 0.2) is 0 Å². The molecule has 4 heteroatoms. The Hall–Kier alpha value is 1.59. The van der Waals surface area contributed by atoms with E-state index in [0.29, 0.717) is 0 Å². The second-order valence-corrected chi connectivity index (χ2v) is 1.22. The molecular weight excluding hydrogens is 166 g/mol. The van der Waals surface area contributed by atoms with E-state index in [1.54, 1.807) is 12.2 Å². The fourth-order valence-corrected chi connectivity index (χ4v) is 0.249. The summed E-state index contributed by atoms with van der Waals surface area (Å²) in [6.07, 6.45) is 5.98. The summed E-state index contributed by atoms with van der Waals surface area (Å²) in [6, 6.07) is 0. The first-order valence-corrected chi connectivity index (χ1v) is 2.29. The van der Waals surface area contributed by atoms with Crippen molar-refractivity contribution in [1.82, 2.24) is 0 Å². The van der Waals surface area contributed by atoms with Crippen molar-refractivity contribution in [3.63, 3.8) is 0 Å². The Labute approximate surface area is 127 Å². The molecule has 0 bridgehead atoms. The number of hydrogen-bond donors (Lipinski definition) is 1. The van der Waals surface area contributed by atoms with Crippen LogP contribution in [-0.2, 0) is 4.79 Å². The summed E-state index contributed by atoms with van der Waals surface area (Å²) >= 11 is 0. The first-order chi connectivity index (χ1) is 3.77. The van der Waals surface area contributed by atoms with Gasteiger partial charge in [0.25, 0.3) is 0 Å². The summed E-state index contributed by atoms with van der Waals surface area (Å²) in [5.74, 6) is -0.914. The number of carbonyl (C=O) groups is 1. The number of rotatable bonds is 2.